The topological polar surface area (TPSA) is 84.7 Å². The van der Waals surface area contributed by atoms with Crippen molar-refractivity contribution in [1.82, 2.24) is 10.5 Å². The summed E-state index contributed by atoms with van der Waals surface area (Å²) in [5.74, 6) is -1.19. The molecule has 29 heavy (non-hydrogen) atoms. The standard InChI is InChI=1S/C20H20FN3O4S/c1-11-8-24(9-12(2)27-11)18-13(10-25)6-15-17(23-28-19(15)16(18)21)20(26)22-7-14-4-3-5-29-14/h3-6,10-12H,7-9H2,1-2H3,(H,22,26). The average molecular weight is 417 g/mol. The van der Waals surface area contributed by atoms with Gasteiger partial charge in [-0.15, -0.1) is 11.3 Å². The number of aldehydes is 1. The first kappa shape index (κ1) is 19.5. The number of ether oxygens (including phenoxy) is 1. The van der Waals surface area contributed by atoms with Crippen LogP contribution in [0.25, 0.3) is 11.0 Å². The minimum Gasteiger partial charge on any atom is -0.372 e. The zero-order chi connectivity index (χ0) is 20.5. The zero-order valence-electron chi connectivity index (χ0n) is 16.0. The number of halogens is 1. The summed E-state index contributed by atoms with van der Waals surface area (Å²) >= 11 is 1.51. The van der Waals surface area contributed by atoms with Gasteiger partial charge in [0.2, 0.25) is 5.58 Å². The van der Waals surface area contributed by atoms with Crippen molar-refractivity contribution in [1.29, 1.82) is 0 Å². The van der Waals surface area contributed by atoms with Crippen LogP contribution in [0.15, 0.2) is 28.1 Å². The molecule has 1 fully saturated rings. The van der Waals surface area contributed by atoms with Gasteiger partial charge in [-0.25, -0.2) is 4.39 Å². The third-order valence-electron chi connectivity index (χ3n) is 4.79. The van der Waals surface area contributed by atoms with Crippen LogP contribution in [0.2, 0.25) is 0 Å². The van der Waals surface area contributed by atoms with Crippen LogP contribution in [0.3, 0.4) is 0 Å². The fraction of sp³-hybridized carbons (Fsp3) is 0.350. The van der Waals surface area contributed by atoms with Crippen LogP contribution in [0.1, 0.15) is 39.6 Å². The summed E-state index contributed by atoms with van der Waals surface area (Å²) in [5.41, 5.74) is 0.107. The number of nitrogens with zero attached hydrogens (tertiary/aromatic N) is 2. The lowest BCUT2D eigenvalue weighted by atomic mass is 10.1. The minimum atomic E-state index is -0.698. The molecule has 0 aliphatic carbocycles. The van der Waals surface area contributed by atoms with Crippen LogP contribution in [0, 0.1) is 5.82 Å². The Morgan fingerprint density at radius 2 is 2.17 bits per heavy atom. The summed E-state index contributed by atoms with van der Waals surface area (Å²) in [6.45, 7) is 5.00. The van der Waals surface area contributed by atoms with E-state index in [2.05, 4.69) is 10.5 Å². The van der Waals surface area contributed by atoms with Gasteiger partial charge < -0.3 is 19.5 Å². The van der Waals surface area contributed by atoms with Crippen molar-refractivity contribution < 1.29 is 23.2 Å². The Morgan fingerprint density at radius 3 is 2.83 bits per heavy atom. The number of fused-ring (bicyclic) bond motifs is 1. The Balaban J connectivity index is 1.69. The van der Waals surface area contributed by atoms with Crippen LogP contribution in [-0.4, -0.2) is 42.6 Å². The molecule has 2 atom stereocenters. The molecule has 1 aliphatic heterocycles. The molecule has 2 unspecified atom stereocenters. The number of nitrogens with one attached hydrogen (secondary N) is 1. The summed E-state index contributed by atoms with van der Waals surface area (Å²) < 4.78 is 26.2. The zero-order valence-corrected chi connectivity index (χ0v) is 16.8. The predicted molar refractivity (Wildman–Crippen MR) is 107 cm³/mol. The Hall–Kier alpha value is -2.78. The van der Waals surface area contributed by atoms with Gasteiger partial charge in [0.05, 0.1) is 29.8 Å². The predicted octanol–water partition coefficient (Wildman–Crippen LogP) is 3.38. The minimum absolute atomic E-state index is 0.0474. The summed E-state index contributed by atoms with van der Waals surface area (Å²) in [5, 5.41) is 8.59. The first-order valence-electron chi connectivity index (χ1n) is 9.26. The van der Waals surface area contributed by atoms with Crippen molar-refractivity contribution in [2.24, 2.45) is 0 Å². The number of carbonyl (C=O) groups excluding carboxylic acids is 2. The number of hydrogen-bond acceptors (Lipinski definition) is 7. The van der Waals surface area contributed by atoms with E-state index in [-0.39, 0.29) is 40.1 Å². The van der Waals surface area contributed by atoms with E-state index in [1.54, 1.807) is 4.90 Å². The fourth-order valence-electron chi connectivity index (χ4n) is 3.65. The number of thiophene rings is 1. The molecule has 0 saturated carbocycles. The summed E-state index contributed by atoms with van der Waals surface area (Å²) in [7, 11) is 0. The molecule has 3 aromatic rings. The molecule has 0 bridgehead atoms. The second kappa shape index (κ2) is 7.92. The van der Waals surface area contributed by atoms with E-state index in [1.807, 2.05) is 31.4 Å². The van der Waals surface area contributed by atoms with Crippen molar-refractivity contribution in [3.63, 3.8) is 0 Å². The lowest BCUT2D eigenvalue weighted by Gasteiger charge is -2.37. The second-order valence-electron chi connectivity index (χ2n) is 7.08. The Bertz CT molecular complexity index is 1040. The molecular formula is C20H20FN3O4S. The molecule has 152 valence electrons. The molecule has 1 aromatic carbocycles. The highest BCUT2D eigenvalue weighted by Crippen LogP contribution is 2.34. The van der Waals surface area contributed by atoms with Crippen LogP contribution in [0.5, 0.6) is 0 Å². The summed E-state index contributed by atoms with van der Waals surface area (Å²) in [4.78, 5) is 27.0. The van der Waals surface area contributed by atoms with Crippen molar-refractivity contribution in [2.45, 2.75) is 32.6 Å². The highest BCUT2D eigenvalue weighted by Gasteiger charge is 2.30. The van der Waals surface area contributed by atoms with Crippen LogP contribution in [-0.2, 0) is 11.3 Å². The third-order valence-corrected chi connectivity index (χ3v) is 5.67. The summed E-state index contributed by atoms with van der Waals surface area (Å²) in [6, 6.07) is 5.24. The molecule has 0 radical (unpaired) electrons. The van der Waals surface area contributed by atoms with E-state index in [0.29, 0.717) is 25.9 Å². The smallest absolute Gasteiger partial charge is 0.274 e. The number of rotatable bonds is 5. The van der Waals surface area contributed by atoms with Gasteiger partial charge in [-0.3, -0.25) is 9.59 Å². The third kappa shape index (κ3) is 3.75. The SMILES string of the molecule is CC1CN(c2c(C=O)cc3c(C(=O)NCc4cccs4)noc3c2F)CC(C)O1. The van der Waals surface area contributed by atoms with Crippen molar-refractivity contribution >= 4 is 40.2 Å². The summed E-state index contributed by atoms with van der Waals surface area (Å²) in [6.07, 6.45) is 0.367. The largest absolute Gasteiger partial charge is 0.372 e. The lowest BCUT2D eigenvalue weighted by molar-refractivity contribution is -0.00543. The second-order valence-corrected chi connectivity index (χ2v) is 8.11. The number of amides is 1. The lowest BCUT2D eigenvalue weighted by Crippen LogP contribution is -2.46. The van der Waals surface area contributed by atoms with Crippen molar-refractivity contribution in [2.75, 3.05) is 18.0 Å². The van der Waals surface area contributed by atoms with Crippen LogP contribution in [0.4, 0.5) is 10.1 Å². The number of hydrogen-bond donors (Lipinski definition) is 1. The molecule has 1 aliphatic rings. The molecule has 2 aromatic heterocycles. The molecule has 1 amide bonds. The van der Waals surface area contributed by atoms with Crippen molar-refractivity contribution in [3.05, 3.63) is 45.5 Å². The number of benzene rings is 1. The first-order chi connectivity index (χ1) is 14.0. The molecule has 9 heteroatoms. The number of aromatic nitrogens is 1. The Labute approximate surface area is 170 Å². The van der Waals surface area contributed by atoms with Gasteiger partial charge in [0.15, 0.2) is 17.8 Å². The highest BCUT2D eigenvalue weighted by atomic mass is 32.1. The van der Waals surface area contributed by atoms with Gasteiger partial charge in [0.1, 0.15) is 0 Å². The van der Waals surface area contributed by atoms with E-state index < -0.39 is 11.7 Å². The van der Waals surface area contributed by atoms with Gasteiger partial charge in [-0.1, -0.05) is 11.2 Å². The van der Waals surface area contributed by atoms with Gasteiger partial charge >= 0.3 is 0 Å². The van der Waals surface area contributed by atoms with E-state index in [9.17, 15) is 9.59 Å². The monoisotopic (exact) mass is 417 g/mol. The maximum atomic E-state index is 15.3. The van der Waals surface area contributed by atoms with E-state index >= 15 is 4.39 Å². The van der Waals surface area contributed by atoms with Crippen LogP contribution >= 0.6 is 11.3 Å². The molecular weight excluding hydrogens is 397 g/mol. The maximum Gasteiger partial charge on any atom is 0.274 e. The molecule has 0 spiro atoms. The van der Waals surface area contributed by atoms with Gasteiger partial charge in [-0.2, -0.15) is 0 Å². The fourth-order valence-corrected chi connectivity index (χ4v) is 4.29. The van der Waals surface area contributed by atoms with E-state index in [0.717, 1.165) is 4.88 Å². The van der Waals surface area contributed by atoms with E-state index in [4.69, 9.17) is 9.26 Å². The first-order valence-corrected chi connectivity index (χ1v) is 10.1. The number of carbonyl (C=O) groups is 2. The quantitative estimate of drug-likeness (QED) is 0.641. The molecule has 1 N–H and O–H groups in total. The van der Waals surface area contributed by atoms with Crippen LogP contribution < -0.4 is 10.2 Å². The molecule has 7 nitrogen and oxygen atoms in total. The van der Waals surface area contributed by atoms with Crippen molar-refractivity contribution in [3.8, 4) is 0 Å². The number of anilines is 1. The molecule has 3 heterocycles. The Kier molecular flexibility index (Phi) is 5.33. The maximum absolute atomic E-state index is 15.3. The van der Waals surface area contributed by atoms with Gasteiger partial charge in [0.25, 0.3) is 5.91 Å². The Morgan fingerprint density at radius 1 is 1.41 bits per heavy atom. The molecule has 4 rings (SSSR count). The van der Waals surface area contributed by atoms with Gasteiger partial charge in [0, 0.05) is 23.5 Å². The average Bonchev–Trinajstić information content (AvgIpc) is 3.35. The highest BCUT2D eigenvalue weighted by molar-refractivity contribution is 7.09. The van der Waals surface area contributed by atoms with E-state index in [1.165, 1.54) is 17.4 Å². The van der Waals surface area contributed by atoms with Gasteiger partial charge in [-0.05, 0) is 31.4 Å². The normalized spacial score (nSPS) is 19.5. The molecule has 1 saturated heterocycles. The number of morpholine rings is 1.